The van der Waals surface area contributed by atoms with E-state index in [1.807, 2.05) is 24.3 Å². The van der Waals surface area contributed by atoms with Crippen LogP contribution in [0.1, 0.15) is 29.2 Å². The third-order valence-corrected chi connectivity index (χ3v) is 4.94. The maximum absolute atomic E-state index is 12.7. The van der Waals surface area contributed by atoms with E-state index in [0.717, 1.165) is 0 Å². The molecule has 0 saturated carbocycles. The van der Waals surface area contributed by atoms with E-state index in [2.05, 4.69) is 0 Å². The number of nitrogens with zero attached hydrogens (tertiary/aromatic N) is 1. The predicted molar refractivity (Wildman–Crippen MR) is 95.8 cm³/mol. The molecule has 1 aromatic carbocycles. The Morgan fingerprint density at radius 2 is 1.78 bits per heavy atom. The summed E-state index contributed by atoms with van der Waals surface area (Å²) in [6.45, 7) is 2.65. The molecule has 0 atom stereocenters. The lowest BCUT2D eigenvalue weighted by Gasteiger charge is -2.37. The molecule has 4 rings (SSSR count). The second-order valence-electron chi connectivity index (χ2n) is 6.61. The van der Waals surface area contributed by atoms with Crippen molar-refractivity contribution in [3.63, 3.8) is 0 Å². The number of hydrogen-bond acceptors (Lipinski definition) is 6. The number of furan rings is 1. The fourth-order valence-electron chi connectivity index (χ4n) is 3.45. The summed E-state index contributed by atoms with van der Waals surface area (Å²) in [5, 5.41) is 0. The number of benzene rings is 1. The van der Waals surface area contributed by atoms with Crippen molar-refractivity contribution < 1.29 is 28.2 Å². The summed E-state index contributed by atoms with van der Waals surface area (Å²) in [6, 6.07) is 10.8. The summed E-state index contributed by atoms with van der Waals surface area (Å²) in [5.41, 5.74) is 0. The van der Waals surface area contributed by atoms with E-state index in [0.29, 0.717) is 62.2 Å². The number of methoxy groups -OCH3 is 1. The van der Waals surface area contributed by atoms with Crippen LogP contribution < -0.4 is 9.47 Å². The maximum Gasteiger partial charge on any atom is 0.289 e. The highest BCUT2D eigenvalue weighted by Crippen LogP contribution is 2.32. The SMILES string of the molecule is COc1ccccc1OCc1ccc(C(=O)N2CCC3(CC2)OCCO3)o1. The van der Waals surface area contributed by atoms with Crippen LogP contribution >= 0.6 is 0 Å². The Hall–Kier alpha value is -2.51. The Morgan fingerprint density at radius 3 is 2.48 bits per heavy atom. The first-order chi connectivity index (χ1) is 13.2. The Kier molecular flexibility index (Phi) is 5.05. The lowest BCUT2D eigenvalue weighted by molar-refractivity contribution is -0.181. The molecule has 2 fully saturated rings. The van der Waals surface area contributed by atoms with Gasteiger partial charge in [0.15, 0.2) is 23.0 Å². The maximum atomic E-state index is 12.7. The predicted octanol–water partition coefficient (Wildman–Crippen LogP) is 2.85. The lowest BCUT2D eigenvalue weighted by Crippen LogP contribution is -2.47. The van der Waals surface area contributed by atoms with E-state index >= 15 is 0 Å². The zero-order valence-corrected chi connectivity index (χ0v) is 15.3. The van der Waals surface area contributed by atoms with Gasteiger partial charge in [-0.15, -0.1) is 0 Å². The Labute approximate surface area is 157 Å². The Bertz CT molecular complexity index is 785. The summed E-state index contributed by atoms with van der Waals surface area (Å²) in [5.74, 6) is 1.57. The Balaban J connectivity index is 1.34. The molecule has 7 heteroatoms. The van der Waals surface area contributed by atoms with Crippen molar-refractivity contribution in [2.24, 2.45) is 0 Å². The largest absolute Gasteiger partial charge is 0.493 e. The Morgan fingerprint density at radius 1 is 1.07 bits per heavy atom. The zero-order chi connectivity index (χ0) is 18.7. The third-order valence-electron chi connectivity index (χ3n) is 4.94. The van der Waals surface area contributed by atoms with E-state index in [1.165, 1.54) is 0 Å². The minimum atomic E-state index is -0.492. The summed E-state index contributed by atoms with van der Waals surface area (Å²) in [6.07, 6.45) is 1.37. The van der Waals surface area contributed by atoms with Gasteiger partial charge >= 0.3 is 0 Å². The second kappa shape index (κ2) is 7.62. The second-order valence-corrected chi connectivity index (χ2v) is 6.61. The van der Waals surface area contributed by atoms with Crippen LogP contribution in [0.3, 0.4) is 0 Å². The summed E-state index contributed by atoms with van der Waals surface area (Å²) in [7, 11) is 1.59. The van der Waals surface area contributed by atoms with Crippen LogP contribution in [0, 0.1) is 0 Å². The van der Waals surface area contributed by atoms with Gasteiger partial charge in [0.2, 0.25) is 0 Å². The highest BCUT2D eigenvalue weighted by Gasteiger charge is 2.41. The topological polar surface area (TPSA) is 70.4 Å². The van der Waals surface area contributed by atoms with E-state index < -0.39 is 5.79 Å². The van der Waals surface area contributed by atoms with Crippen molar-refractivity contribution in [3.05, 3.63) is 47.9 Å². The quantitative estimate of drug-likeness (QED) is 0.803. The third kappa shape index (κ3) is 3.79. The molecule has 3 heterocycles. The summed E-state index contributed by atoms with van der Waals surface area (Å²) in [4.78, 5) is 14.5. The van der Waals surface area contributed by atoms with E-state index in [-0.39, 0.29) is 12.5 Å². The molecule has 2 aromatic rings. The van der Waals surface area contributed by atoms with Gasteiger partial charge in [-0.2, -0.15) is 0 Å². The van der Waals surface area contributed by atoms with Crippen molar-refractivity contribution in [2.45, 2.75) is 25.2 Å². The lowest BCUT2D eigenvalue weighted by atomic mass is 10.0. The molecule has 144 valence electrons. The number of likely N-dealkylation sites (tertiary alicyclic amines) is 1. The number of ether oxygens (including phenoxy) is 4. The molecular weight excluding hydrogens is 350 g/mol. The molecule has 0 bridgehead atoms. The number of rotatable bonds is 5. The van der Waals surface area contributed by atoms with Crippen LogP contribution in [0.2, 0.25) is 0 Å². The number of hydrogen-bond donors (Lipinski definition) is 0. The van der Waals surface area contributed by atoms with Crippen molar-refractivity contribution in [3.8, 4) is 11.5 Å². The van der Waals surface area contributed by atoms with Gasteiger partial charge in [-0.3, -0.25) is 4.79 Å². The van der Waals surface area contributed by atoms with Crippen LogP contribution in [0.15, 0.2) is 40.8 Å². The first kappa shape index (κ1) is 17.9. The summed E-state index contributed by atoms with van der Waals surface area (Å²) >= 11 is 0. The first-order valence-corrected chi connectivity index (χ1v) is 9.11. The molecule has 0 radical (unpaired) electrons. The molecule has 1 amide bonds. The van der Waals surface area contributed by atoms with Crippen molar-refractivity contribution in [2.75, 3.05) is 33.4 Å². The molecule has 0 unspecified atom stereocenters. The highest BCUT2D eigenvalue weighted by molar-refractivity contribution is 5.91. The average Bonchev–Trinajstić information content (AvgIpc) is 3.37. The van der Waals surface area contributed by atoms with Crippen LogP contribution in [-0.2, 0) is 16.1 Å². The zero-order valence-electron chi connectivity index (χ0n) is 15.3. The molecule has 2 saturated heterocycles. The van der Waals surface area contributed by atoms with E-state index in [1.54, 1.807) is 24.1 Å². The van der Waals surface area contributed by atoms with Crippen LogP contribution in [0.25, 0.3) is 0 Å². The van der Waals surface area contributed by atoms with Gasteiger partial charge in [0, 0.05) is 25.9 Å². The molecular formula is C20H23NO6. The fraction of sp³-hybridized carbons (Fsp3) is 0.450. The van der Waals surface area contributed by atoms with Gasteiger partial charge < -0.3 is 28.3 Å². The van der Waals surface area contributed by atoms with Crippen LogP contribution in [-0.4, -0.2) is 50.0 Å². The van der Waals surface area contributed by atoms with E-state index in [4.69, 9.17) is 23.4 Å². The normalized spacial score (nSPS) is 18.6. The van der Waals surface area contributed by atoms with Gasteiger partial charge in [-0.05, 0) is 24.3 Å². The molecule has 2 aliphatic rings. The summed E-state index contributed by atoms with van der Waals surface area (Å²) < 4.78 is 28.1. The first-order valence-electron chi connectivity index (χ1n) is 9.11. The number of para-hydroxylation sites is 2. The van der Waals surface area contributed by atoms with Crippen LogP contribution in [0.5, 0.6) is 11.5 Å². The molecule has 27 heavy (non-hydrogen) atoms. The van der Waals surface area contributed by atoms with Gasteiger partial charge in [-0.1, -0.05) is 12.1 Å². The fourth-order valence-corrected chi connectivity index (χ4v) is 3.45. The number of piperidine rings is 1. The molecule has 0 aliphatic carbocycles. The number of carbonyl (C=O) groups is 1. The molecule has 1 spiro atoms. The number of amides is 1. The average molecular weight is 373 g/mol. The van der Waals surface area contributed by atoms with Gasteiger partial charge in [0.1, 0.15) is 12.4 Å². The molecule has 7 nitrogen and oxygen atoms in total. The number of carbonyl (C=O) groups excluding carboxylic acids is 1. The molecule has 2 aliphatic heterocycles. The van der Waals surface area contributed by atoms with Crippen molar-refractivity contribution in [1.82, 2.24) is 4.90 Å². The van der Waals surface area contributed by atoms with E-state index in [9.17, 15) is 4.79 Å². The standard InChI is InChI=1S/C20H23NO6/c1-23-16-4-2-3-5-17(16)24-14-15-6-7-18(27-15)19(22)21-10-8-20(9-11-21)25-12-13-26-20/h2-7H,8-14H2,1H3. The minimum absolute atomic E-state index is 0.119. The minimum Gasteiger partial charge on any atom is -0.493 e. The van der Waals surface area contributed by atoms with Gasteiger partial charge in [0.25, 0.3) is 5.91 Å². The monoisotopic (exact) mass is 373 g/mol. The highest BCUT2D eigenvalue weighted by atomic mass is 16.7. The van der Waals surface area contributed by atoms with Crippen molar-refractivity contribution >= 4 is 5.91 Å². The molecule has 0 N–H and O–H groups in total. The van der Waals surface area contributed by atoms with Crippen LogP contribution in [0.4, 0.5) is 0 Å². The smallest absolute Gasteiger partial charge is 0.289 e. The van der Waals surface area contributed by atoms with Gasteiger partial charge in [-0.25, -0.2) is 0 Å². The van der Waals surface area contributed by atoms with Crippen molar-refractivity contribution in [1.29, 1.82) is 0 Å². The van der Waals surface area contributed by atoms with Gasteiger partial charge in [0.05, 0.1) is 20.3 Å². The molecule has 1 aromatic heterocycles.